The zero-order valence-electron chi connectivity index (χ0n) is 9.13. The average molecular weight is 198 g/mol. The summed E-state index contributed by atoms with van der Waals surface area (Å²) in [5.41, 5.74) is -0.875. The molecule has 1 saturated carbocycles. The highest BCUT2D eigenvalue weighted by Gasteiger charge is 2.74. The molecule has 0 amide bonds. The van der Waals surface area contributed by atoms with Crippen molar-refractivity contribution in [2.24, 2.45) is 5.92 Å². The van der Waals surface area contributed by atoms with Crippen LogP contribution in [0.15, 0.2) is 0 Å². The molecule has 1 spiro atoms. The van der Waals surface area contributed by atoms with Crippen molar-refractivity contribution in [1.29, 1.82) is 0 Å². The maximum Gasteiger partial charge on any atom is 0.340 e. The highest BCUT2D eigenvalue weighted by atomic mass is 16.7. The summed E-state index contributed by atoms with van der Waals surface area (Å²) in [5.74, 6) is 0.256. The van der Waals surface area contributed by atoms with E-state index in [0.717, 1.165) is 19.3 Å². The first-order valence-corrected chi connectivity index (χ1v) is 5.35. The molecular formula is C11H18O3. The molecule has 0 aromatic rings. The van der Waals surface area contributed by atoms with Crippen molar-refractivity contribution in [2.45, 2.75) is 50.7 Å². The normalized spacial score (nSPS) is 46.4. The number of methoxy groups -OCH3 is 1. The van der Waals surface area contributed by atoms with E-state index in [2.05, 4.69) is 6.92 Å². The minimum Gasteiger partial charge on any atom is -0.467 e. The molecule has 1 aliphatic heterocycles. The van der Waals surface area contributed by atoms with Gasteiger partial charge < -0.3 is 9.47 Å². The van der Waals surface area contributed by atoms with Gasteiger partial charge in [-0.25, -0.2) is 4.79 Å². The molecule has 3 atom stereocenters. The fourth-order valence-electron chi connectivity index (χ4n) is 2.93. The van der Waals surface area contributed by atoms with Gasteiger partial charge in [0.05, 0.1) is 7.11 Å². The molecule has 2 aliphatic rings. The van der Waals surface area contributed by atoms with Crippen LogP contribution in [0.5, 0.6) is 0 Å². The summed E-state index contributed by atoms with van der Waals surface area (Å²) in [7, 11) is 1.43. The van der Waals surface area contributed by atoms with Crippen LogP contribution < -0.4 is 0 Å². The lowest BCUT2D eigenvalue weighted by molar-refractivity contribution is -0.146. The molecule has 1 aliphatic carbocycles. The van der Waals surface area contributed by atoms with Gasteiger partial charge in [0.1, 0.15) is 5.60 Å². The Morgan fingerprint density at radius 3 is 2.79 bits per heavy atom. The number of epoxide rings is 1. The quantitative estimate of drug-likeness (QED) is 0.477. The summed E-state index contributed by atoms with van der Waals surface area (Å²) in [4.78, 5) is 11.6. The van der Waals surface area contributed by atoms with Gasteiger partial charge in [0.25, 0.3) is 0 Å². The maximum atomic E-state index is 11.6. The van der Waals surface area contributed by atoms with Crippen LogP contribution in [-0.2, 0) is 14.3 Å². The van der Waals surface area contributed by atoms with Gasteiger partial charge in [0, 0.05) is 0 Å². The molecule has 2 fully saturated rings. The minimum absolute atomic E-state index is 0.210. The van der Waals surface area contributed by atoms with E-state index in [1.54, 1.807) is 0 Å². The van der Waals surface area contributed by atoms with Crippen LogP contribution in [0.3, 0.4) is 0 Å². The van der Waals surface area contributed by atoms with E-state index in [1.807, 2.05) is 6.92 Å². The Morgan fingerprint density at radius 1 is 1.50 bits per heavy atom. The van der Waals surface area contributed by atoms with E-state index in [0.29, 0.717) is 5.92 Å². The smallest absolute Gasteiger partial charge is 0.340 e. The molecule has 14 heavy (non-hydrogen) atoms. The van der Waals surface area contributed by atoms with E-state index in [9.17, 15) is 4.79 Å². The van der Waals surface area contributed by atoms with E-state index < -0.39 is 5.60 Å². The van der Waals surface area contributed by atoms with Crippen LogP contribution in [0.1, 0.15) is 39.5 Å². The Hall–Kier alpha value is -0.570. The largest absolute Gasteiger partial charge is 0.467 e. The minimum atomic E-state index is -0.665. The summed E-state index contributed by atoms with van der Waals surface area (Å²) in [6, 6.07) is 0. The van der Waals surface area contributed by atoms with Crippen molar-refractivity contribution in [3.05, 3.63) is 0 Å². The molecule has 0 aromatic heterocycles. The monoisotopic (exact) mass is 198 g/mol. The third kappa shape index (κ3) is 1.05. The summed E-state index contributed by atoms with van der Waals surface area (Å²) in [5, 5.41) is 0. The van der Waals surface area contributed by atoms with Gasteiger partial charge in [-0.2, -0.15) is 0 Å². The number of hydrogen-bond donors (Lipinski definition) is 0. The van der Waals surface area contributed by atoms with Gasteiger partial charge in [-0.3, -0.25) is 0 Å². The Kier molecular flexibility index (Phi) is 2.11. The molecular weight excluding hydrogens is 180 g/mol. The Balaban J connectivity index is 2.17. The molecule has 1 saturated heterocycles. The SMILES string of the molecule is COC(=O)C1(C)OC12CCCCC2C. The zero-order valence-corrected chi connectivity index (χ0v) is 9.13. The van der Waals surface area contributed by atoms with Gasteiger partial charge in [-0.15, -0.1) is 0 Å². The second-order valence-corrected chi connectivity index (χ2v) is 4.66. The van der Waals surface area contributed by atoms with Crippen molar-refractivity contribution in [3.63, 3.8) is 0 Å². The Morgan fingerprint density at radius 2 is 2.21 bits per heavy atom. The second kappa shape index (κ2) is 2.96. The van der Waals surface area contributed by atoms with Crippen molar-refractivity contribution in [2.75, 3.05) is 7.11 Å². The van der Waals surface area contributed by atoms with Gasteiger partial charge in [0.2, 0.25) is 0 Å². The highest BCUT2D eigenvalue weighted by molar-refractivity contribution is 5.84. The number of ether oxygens (including phenoxy) is 2. The molecule has 80 valence electrons. The lowest BCUT2D eigenvalue weighted by Crippen LogP contribution is -2.38. The Labute approximate surface area is 84.8 Å². The molecule has 3 nitrogen and oxygen atoms in total. The van der Waals surface area contributed by atoms with E-state index >= 15 is 0 Å². The number of esters is 1. The van der Waals surface area contributed by atoms with Crippen molar-refractivity contribution in [3.8, 4) is 0 Å². The van der Waals surface area contributed by atoms with E-state index in [4.69, 9.17) is 9.47 Å². The molecule has 0 radical (unpaired) electrons. The van der Waals surface area contributed by atoms with Crippen LogP contribution in [0.4, 0.5) is 0 Å². The summed E-state index contributed by atoms with van der Waals surface area (Å²) in [6.07, 6.45) is 4.58. The molecule has 0 aromatic carbocycles. The van der Waals surface area contributed by atoms with Gasteiger partial charge in [-0.1, -0.05) is 19.8 Å². The van der Waals surface area contributed by atoms with Crippen LogP contribution in [0.25, 0.3) is 0 Å². The highest BCUT2D eigenvalue weighted by Crippen LogP contribution is 2.59. The van der Waals surface area contributed by atoms with Crippen LogP contribution in [-0.4, -0.2) is 24.3 Å². The van der Waals surface area contributed by atoms with Gasteiger partial charge in [-0.05, 0) is 25.7 Å². The van der Waals surface area contributed by atoms with Crippen molar-refractivity contribution < 1.29 is 14.3 Å². The van der Waals surface area contributed by atoms with Crippen LogP contribution >= 0.6 is 0 Å². The number of hydrogen-bond acceptors (Lipinski definition) is 3. The molecule has 3 unspecified atom stereocenters. The fourth-order valence-corrected chi connectivity index (χ4v) is 2.93. The first-order chi connectivity index (χ1) is 6.57. The predicted molar refractivity (Wildman–Crippen MR) is 51.9 cm³/mol. The third-order valence-electron chi connectivity index (χ3n) is 3.96. The standard InChI is InChI=1S/C11H18O3/c1-8-6-4-5-7-11(8)10(2,14-11)9(12)13-3/h8H,4-7H2,1-3H3. The zero-order chi connectivity index (χ0) is 10.4. The number of rotatable bonds is 1. The fraction of sp³-hybridized carbons (Fsp3) is 0.909. The first-order valence-electron chi connectivity index (χ1n) is 5.35. The molecule has 2 rings (SSSR count). The number of carbonyl (C=O) groups is 1. The predicted octanol–water partition coefficient (Wildman–Crippen LogP) is 1.90. The Bertz CT molecular complexity index is 263. The average Bonchev–Trinajstić information content (AvgIpc) is 2.78. The lowest BCUT2D eigenvalue weighted by atomic mass is 9.73. The van der Waals surface area contributed by atoms with Crippen LogP contribution in [0, 0.1) is 5.92 Å². The van der Waals surface area contributed by atoms with E-state index in [1.165, 1.54) is 13.5 Å². The van der Waals surface area contributed by atoms with Crippen molar-refractivity contribution >= 4 is 5.97 Å². The third-order valence-corrected chi connectivity index (χ3v) is 3.96. The van der Waals surface area contributed by atoms with Crippen LogP contribution in [0.2, 0.25) is 0 Å². The molecule has 0 bridgehead atoms. The second-order valence-electron chi connectivity index (χ2n) is 4.66. The van der Waals surface area contributed by atoms with Crippen molar-refractivity contribution in [1.82, 2.24) is 0 Å². The summed E-state index contributed by atoms with van der Waals surface area (Å²) >= 11 is 0. The first kappa shape index (κ1) is 9.97. The lowest BCUT2D eigenvalue weighted by Gasteiger charge is -2.27. The van der Waals surface area contributed by atoms with E-state index in [-0.39, 0.29) is 11.6 Å². The maximum absolute atomic E-state index is 11.6. The number of carbonyl (C=O) groups excluding carboxylic acids is 1. The van der Waals surface area contributed by atoms with Gasteiger partial charge >= 0.3 is 5.97 Å². The molecule has 0 N–H and O–H groups in total. The molecule has 3 heteroatoms. The summed E-state index contributed by atoms with van der Waals surface area (Å²) < 4.78 is 10.5. The molecule has 1 heterocycles. The summed E-state index contributed by atoms with van der Waals surface area (Å²) in [6.45, 7) is 4.04. The topological polar surface area (TPSA) is 38.8 Å². The van der Waals surface area contributed by atoms with Gasteiger partial charge in [0.15, 0.2) is 5.60 Å².